The highest BCUT2D eigenvalue weighted by atomic mass is 35.5. The predicted molar refractivity (Wildman–Crippen MR) is 85.7 cm³/mol. The van der Waals surface area contributed by atoms with E-state index in [0.717, 1.165) is 13.1 Å². The van der Waals surface area contributed by atoms with Gasteiger partial charge in [-0.15, -0.1) is 0 Å². The summed E-state index contributed by atoms with van der Waals surface area (Å²) in [7, 11) is 0. The quantitative estimate of drug-likeness (QED) is 0.822. The summed E-state index contributed by atoms with van der Waals surface area (Å²) in [5.74, 6) is -0.154. The number of phenolic OH excluding ortho intramolecular Hbond substituents is 1. The van der Waals surface area contributed by atoms with Crippen molar-refractivity contribution in [3.8, 4) is 5.75 Å². The molecule has 0 atom stereocenters. The van der Waals surface area contributed by atoms with Crippen molar-refractivity contribution in [1.82, 2.24) is 4.90 Å². The summed E-state index contributed by atoms with van der Waals surface area (Å²) >= 11 is 6.09. The van der Waals surface area contributed by atoms with Crippen LogP contribution in [0.15, 0.2) is 16.5 Å². The van der Waals surface area contributed by atoms with E-state index in [2.05, 4.69) is 18.7 Å². The molecule has 0 aliphatic heterocycles. The Morgan fingerprint density at radius 2 is 2.05 bits per heavy atom. The van der Waals surface area contributed by atoms with E-state index in [0.29, 0.717) is 29.9 Å². The molecule has 6 heteroatoms. The molecule has 0 amide bonds. The molecule has 1 aromatic heterocycles. The monoisotopic (exact) mass is 325 g/mol. The summed E-state index contributed by atoms with van der Waals surface area (Å²) in [5.41, 5.74) is 0.728. The van der Waals surface area contributed by atoms with Gasteiger partial charge in [-0.1, -0.05) is 25.4 Å². The van der Waals surface area contributed by atoms with Crippen molar-refractivity contribution in [2.75, 3.05) is 26.2 Å². The number of phenols is 1. The van der Waals surface area contributed by atoms with Gasteiger partial charge in [0.15, 0.2) is 0 Å². The fourth-order valence-corrected chi connectivity index (χ4v) is 2.63. The Morgan fingerprint density at radius 1 is 1.36 bits per heavy atom. The number of aromatic hydroxyl groups is 1. The number of hydrogen-bond donors (Lipinski definition) is 1. The minimum absolute atomic E-state index is 0.0906. The Balaban J connectivity index is 2.21. The van der Waals surface area contributed by atoms with E-state index in [1.54, 1.807) is 13.0 Å². The molecule has 0 unspecified atom stereocenters. The summed E-state index contributed by atoms with van der Waals surface area (Å²) in [6.07, 6.45) is 0. The summed E-state index contributed by atoms with van der Waals surface area (Å²) in [5, 5.41) is 10.2. The Hall–Kier alpha value is -1.72. The number of aryl methyl sites for hydroxylation is 1. The van der Waals surface area contributed by atoms with Gasteiger partial charge in [-0.25, -0.2) is 4.79 Å². The van der Waals surface area contributed by atoms with Gasteiger partial charge in [-0.05, 0) is 32.1 Å². The second-order valence-electron chi connectivity index (χ2n) is 4.97. The smallest absolute Gasteiger partial charge is 0.342 e. The van der Waals surface area contributed by atoms with Crippen LogP contribution < -0.4 is 0 Å². The molecule has 0 fully saturated rings. The third kappa shape index (κ3) is 3.20. The van der Waals surface area contributed by atoms with Gasteiger partial charge in [0.25, 0.3) is 0 Å². The lowest BCUT2D eigenvalue weighted by Crippen LogP contribution is -2.28. The molecule has 1 heterocycles. The normalized spacial score (nSPS) is 11.3. The van der Waals surface area contributed by atoms with E-state index in [-0.39, 0.29) is 16.3 Å². The molecule has 0 spiro atoms. The first-order valence-electron chi connectivity index (χ1n) is 7.29. The molecule has 1 aromatic carbocycles. The van der Waals surface area contributed by atoms with Crippen LogP contribution in [0.5, 0.6) is 5.75 Å². The van der Waals surface area contributed by atoms with Crippen LogP contribution in [0.25, 0.3) is 11.0 Å². The zero-order chi connectivity index (χ0) is 16.3. The standard InChI is InChI=1S/C16H20ClNO4/c1-4-18(5-2)8-9-21-16(20)13-10(3)22-12-7-6-11(19)15(17)14(12)13/h6-7,19H,4-5,8-9H2,1-3H3. The van der Waals surface area contributed by atoms with Crippen LogP contribution in [0.4, 0.5) is 0 Å². The Bertz CT molecular complexity index is 676. The van der Waals surface area contributed by atoms with Crippen molar-refractivity contribution < 1.29 is 19.1 Å². The van der Waals surface area contributed by atoms with Gasteiger partial charge in [0, 0.05) is 6.54 Å². The Morgan fingerprint density at radius 3 is 2.68 bits per heavy atom. The SMILES string of the molecule is CCN(CC)CCOC(=O)c1c(C)oc2ccc(O)c(Cl)c12. The van der Waals surface area contributed by atoms with Gasteiger partial charge in [0.05, 0.1) is 10.4 Å². The van der Waals surface area contributed by atoms with Gasteiger partial charge in [0.2, 0.25) is 0 Å². The average molecular weight is 326 g/mol. The minimum Gasteiger partial charge on any atom is -0.506 e. The molecule has 2 aromatic rings. The van der Waals surface area contributed by atoms with Crippen molar-refractivity contribution in [2.24, 2.45) is 0 Å². The highest BCUT2D eigenvalue weighted by Gasteiger charge is 2.23. The van der Waals surface area contributed by atoms with Crippen molar-refractivity contribution in [1.29, 1.82) is 0 Å². The highest BCUT2D eigenvalue weighted by Crippen LogP contribution is 2.37. The van der Waals surface area contributed by atoms with Gasteiger partial charge in [-0.3, -0.25) is 0 Å². The molecule has 120 valence electrons. The van der Waals surface area contributed by atoms with Gasteiger partial charge in [0.1, 0.15) is 29.3 Å². The number of likely N-dealkylation sites (N-methyl/N-ethyl adjacent to an activating group) is 1. The number of carbonyl (C=O) groups is 1. The number of furan rings is 1. The third-order valence-electron chi connectivity index (χ3n) is 3.69. The lowest BCUT2D eigenvalue weighted by Gasteiger charge is -2.17. The van der Waals surface area contributed by atoms with E-state index < -0.39 is 5.97 Å². The number of halogens is 1. The zero-order valence-corrected chi connectivity index (χ0v) is 13.7. The number of rotatable bonds is 6. The van der Waals surface area contributed by atoms with Crippen LogP contribution in [0.1, 0.15) is 30.0 Å². The van der Waals surface area contributed by atoms with E-state index >= 15 is 0 Å². The molecule has 0 saturated carbocycles. The fourth-order valence-electron chi connectivity index (χ4n) is 2.38. The van der Waals surface area contributed by atoms with E-state index in [4.69, 9.17) is 20.8 Å². The molecule has 0 bridgehead atoms. The summed E-state index contributed by atoms with van der Waals surface area (Å²) < 4.78 is 10.8. The molecule has 0 radical (unpaired) electrons. The first-order chi connectivity index (χ1) is 10.5. The molecular formula is C16H20ClNO4. The van der Waals surface area contributed by atoms with E-state index in [1.165, 1.54) is 6.07 Å². The third-order valence-corrected chi connectivity index (χ3v) is 4.07. The maximum absolute atomic E-state index is 12.3. The van der Waals surface area contributed by atoms with E-state index in [1.807, 2.05) is 0 Å². The predicted octanol–water partition coefficient (Wildman–Crippen LogP) is 3.60. The van der Waals surface area contributed by atoms with Crippen LogP contribution in [-0.4, -0.2) is 42.2 Å². The fraction of sp³-hybridized carbons (Fsp3) is 0.438. The van der Waals surface area contributed by atoms with E-state index in [9.17, 15) is 9.90 Å². The maximum atomic E-state index is 12.3. The van der Waals surface area contributed by atoms with Gasteiger partial charge < -0.3 is 19.2 Å². The van der Waals surface area contributed by atoms with Gasteiger partial charge >= 0.3 is 5.97 Å². The largest absolute Gasteiger partial charge is 0.506 e. The lowest BCUT2D eigenvalue weighted by molar-refractivity contribution is 0.0466. The topological polar surface area (TPSA) is 62.9 Å². The van der Waals surface area contributed by atoms with Crippen molar-refractivity contribution in [3.63, 3.8) is 0 Å². The summed E-state index contributed by atoms with van der Waals surface area (Å²) in [6.45, 7) is 8.57. The first kappa shape index (κ1) is 16.6. The summed E-state index contributed by atoms with van der Waals surface area (Å²) in [4.78, 5) is 14.5. The van der Waals surface area contributed by atoms with Crippen LogP contribution in [-0.2, 0) is 4.74 Å². The minimum atomic E-state index is -0.490. The molecule has 0 aliphatic rings. The van der Waals surface area contributed by atoms with Crippen molar-refractivity contribution >= 4 is 28.5 Å². The number of nitrogens with zero attached hydrogens (tertiary/aromatic N) is 1. The molecule has 22 heavy (non-hydrogen) atoms. The summed E-state index contributed by atoms with van der Waals surface area (Å²) in [6, 6.07) is 3.01. The number of carbonyl (C=O) groups excluding carboxylic acids is 1. The highest BCUT2D eigenvalue weighted by molar-refractivity contribution is 6.38. The van der Waals surface area contributed by atoms with Crippen LogP contribution in [0.2, 0.25) is 5.02 Å². The number of esters is 1. The van der Waals surface area contributed by atoms with Crippen LogP contribution in [0.3, 0.4) is 0 Å². The van der Waals surface area contributed by atoms with Crippen LogP contribution in [0, 0.1) is 6.92 Å². The molecule has 5 nitrogen and oxygen atoms in total. The molecule has 2 rings (SSSR count). The van der Waals surface area contributed by atoms with Crippen molar-refractivity contribution in [2.45, 2.75) is 20.8 Å². The molecule has 1 N–H and O–H groups in total. The number of benzene rings is 1. The Kier molecular flexibility index (Phi) is 5.32. The number of fused-ring (bicyclic) bond motifs is 1. The molecular weight excluding hydrogens is 306 g/mol. The molecule has 0 aliphatic carbocycles. The van der Waals surface area contributed by atoms with Crippen molar-refractivity contribution in [3.05, 3.63) is 28.5 Å². The number of hydrogen-bond acceptors (Lipinski definition) is 5. The zero-order valence-electron chi connectivity index (χ0n) is 13.0. The Labute approximate surface area is 134 Å². The number of ether oxygens (including phenoxy) is 1. The first-order valence-corrected chi connectivity index (χ1v) is 7.67. The second kappa shape index (κ2) is 7.03. The average Bonchev–Trinajstić information content (AvgIpc) is 2.84. The lowest BCUT2D eigenvalue weighted by atomic mass is 10.1. The maximum Gasteiger partial charge on any atom is 0.342 e. The second-order valence-corrected chi connectivity index (χ2v) is 5.35. The van der Waals surface area contributed by atoms with Gasteiger partial charge in [-0.2, -0.15) is 0 Å². The molecule has 0 saturated heterocycles. The van der Waals surface area contributed by atoms with Crippen LogP contribution >= 0.6 is 11.6 Å².